The molecule has 0 aliphatic carbocycles. The van der Waals surface area contributed by atoms with Gasteiger partial charge in [0, 0.05) is 19.5 Å². The first kappa shape index (κ1) is 17.3. The van der Waals surface area contributed by atoms with Crippen LogP contribution in [0.4, 0.5) is 0 Å². The Labute approximate surface area is 59.8 Å². The summed E-state index contributed by atoms with van der Waals surface area (Å²) in [6.07, 6.45) is 0. The minimum absolute atomic E-state index is 0. The topological polar surface area (TPSA) is 0 Å². The molecule has 4 heavy (non-hydrogen) atoms. The molecule has 0 atom stereocenters. The Bertz CT molecular complexity index is 8.00. The van der Waals surface area contributed by atoms with E-state index in [1.54, 1.807) is 0 Å². The van der Waals surface area contributed by atoms with E-state index < -0.39 is 0 Å². The monoisotopic (exact) mass is 134 g/mol. The molecule has 0 heterocycles. The van der Waals surface area contributed by atoms with Crippen LogP contribution in [0.3, 0.4) is 0 Å². The van der Waals surface area contributed by atoms with Gasteiger partial charge >= 0.3 is 23.1 Å². The molecular formula is H7BMgSiZn. The zero-order valence-corrected chi connectivity index (χ0v) is 7.67. The van der Waals surface area contributed by atoms with E-state index in [-0.39, 0.29) is 42.5 Å². The fourth-order valence-corrected chi connectivity index (χ4v) is 0. The van der Waals surface area contributed by atoms with Crippen molar-refractivity contribution in [3.8, 4) is 0 Å². The smallest absolute Gasteiger partial charge is 0.0304 e. The van der Waals surface area contributed by atoms with E-state index in [4.69, 9.17) is 0 Å². The molecule has 18 valence electrons. The van der Waals surface area contributed by atoms with Crippen molar-refractivity contribution >= 4 is 40.6 Å². The molecule has 0 aliphatic rings. The predicted molar refractivity (Wildman–Crippen MR) is 27.0 cm³/mol. The number of hydrogen-bond acceptors (Lipinski definition) is 0. The van der Waals surface area contributed by atoms with Gasteiger partial charge in [0.2, 0.25) is 0 Å². The summed E-state index contributed by atoms with van der Waals surface area (Å²) in [6, 6.07) is 0. The Kier molecular flexibility index (Phi) is 97.7. The second-order valence-corrected chi connectivity index (χ2v) is 0. The number of rotatable bonds is 0. The molecule has 0 bridgehead atoms. The van der Waals surface area contributed by atoms with E-state index >= 15 is 0 Å². The number of hydrogen-bond donors (Lipinski definition) is 0. The third-order valence-electron chi connectivity index (χ3n) is 0. The average molecular weight is 136 g/mol. The SMILES string of the molecule is B[SiH3].[MgH2].[Zn]. The van der Waals surface area contributed by atoms with Crippen LogP contribution >= 0.6 is 0 Å². The molecule has 0 unspecified atom stereocenters. The van der Waals surface area contributed by atoms with E-state index in [0.717, 1.165) is 0 Å². The second-order valence-electron chi connectivity index (χ2n) is 0. The van der Waals surface area contributed by atoms with Crippen LogP contribution in [0.5, 0.6) is 0 Å². The van der Waals surface area contributed by atoms with Crippen LogP contribution in [0.2, 0.25) is 0 Å². The first-order valence-corrected chi connectivity index (χ1v) is 3.00. The van der Waals surface area contributed by atoms with Crippen molar-refractivity contribution < 1.29 is 19.5 Å². The molecule has 4 heteroatoms. The Hall–Kier alpha value is 1.67. The van der Waals surface area contributed by atoms with Gasteiger partial charge in [-0.3, -0.25) is 0 Å². The Balaban J connectivity index is -0.00000000500. The predicted octanol–water partition coefficient (Wildman–Crippen LogP) is -3.02. The maximum absolute atomic E-state index is 2.14. The molecule has 0 aliphatic heterocycles. The van der Waals surface area contributed by atoms with Gasteiger partial charge in [-0.2, -0.15) is 0 Å². The van der Waals surface area contributed by atoms with Crippen molar-refractivity contribution in [1.82, 2.24) is 0 Å². The van der Waals surface area contributed by atoms with E-state index in [0.29, 0.717) is 0 Å². The Morgan fingerprint density at radius 2 is 1.25 bits per heavy atom. The van der Waals surface area contributed by atoms with Gasteiger partial charge in [-0.05, 0) is 10.1 Å². The van der Waals surface area contributed by atoms with Gasteiger partial charge in [0.15, 0.2) is 0 Å². The molecule has 0 nitrogen and oxygen atoms in total. The van der Waals surface area contributed by atoms with Gasteiger partial charge in [0.1, 0.15) is 0 Å². The molecule has 0 saturated carbocycles. The van der Waals surface area contributed by atoms with Crippen molar-refractivity contribution in [2.75, 3.05) is 0 Å². The molecule has 0 rings (SSSR count). The molecule has 0 aromatic carbocycles. The normalized spacial score (nSPS) is 2.00. The van der Waals surface area contributed by atoms with Crippen LogP contribution in [0.25, 0.3) is 0 Å². The van der Waals surface area contributed by atoms with Crippen LogP contribution in [0.1, 0.15) is 0 Å². The third kappa shape index (κ3) is 9.38. The summed E-state index contributed by atoms with van der Waals surface area (Å²) in [5.74, 6) is 0. The minimum atomic E-state index is 0. The van der Waals surface area contributed by atoms with Crippen LogP contribution < -0.4 is 0 Å². The van der Waals surface area contributed by atoms with Gasteiger partial charge in [0.05, 0.1) is 7.44 Å². The van der Waals surface area contributed by atoms with Gasteiger partial charge < -0.3 is 0 Å². The second kappa shape index (κ2) is 22.5. The minimum Gasteiger partial charge on any atom is -0.0304 e. The third-order valence-corrected chi connectivity index (χ3v) is 0. The Morgan fingerprint density at radius 1 is 1.25 bits per heavy atom. The van der Waals surface area contributed by atoms with Crippen molar-refractivity contribution in [3.63, 3.8) is 0 Å². The maximum atomic E-state index is 2.14. The summed E-state index contributed by atoms with van der Waals surface area (Å²) in [6.45, 7) is 0. The van der Waals surface area contributed by atoms with Gasteiger partial charge in [-0.1, -0.05) is 0 Å². The van der Waals surface area contributed by atoms with Crippen molar-refractivity contribution in [3.05, 3.63) is 0 Å². The molecule has 0 aromatic rings. The largest absolute Gasteiger partial charge is 0.316 e. The van der Waals surface area contributed by atoms with Crippen LogP contribution in [0, 0.1) is 0 Å². The molecule has 0 saturated heterocycles. The molecule has 0 amide bonds. The van der Waals surface area contributed by atoms with Gasteiger partial charge in [-0.25, -0.2) is 0 Å². The van der Waals surface area contributed by atoms with Crippen molar-refractivity contribution in [2.45, 2.75) is 0 Å². The van der Waals surface area contributed by atoms with Crippen molar-refractivity contribution in [1.29, 1.82) is 0 Å². The van der Waals surface area contributed by atoms with Crippen molar-refractivity contribution in [2.24, 2.45) is 0 Å². The summed E-state index contributed by atoms with van der Waals surface area (Å²) in [4.78, 5) is 0. The van der Waals surface area contributed by atoms with E-state index in [9.17, 15) is 0 Å². The summed E-state index contributed by atoms with van der Waals surface area (Å²) in [5.41, 5.74) is 0. The van der Waals surface area contributed by atoms with Crippen LogP contribution in [0.15, 0.2) is 0 Å². The van der Waals surface area contributed by atoms with Crippen LogP contribution in [-0.4, -0.2) is 40.6 Å². The molecule has 0 N–H and O–H groups in total. The molecule has 0 aromatic heterocycles. The molecule has 0 radical (unpaired) electrons. The summed E-state index contributed by atoms with van der Waals surface area (Å²) in [7, 11) is 3.44. The fraction of sp³-hybridized carbons (Fsp3) is 0. The quantitative estimate of drug-likeness (QED) is 0.311. The molecular weight excluding hydrogens is 129 g/mol. The zero-order chi connectivity index (χ0) is 2.00. The van der Waals surface area contributed by atoms with E-state index in [2.05, 4.69) is 7.44 Å². The maximum Gasteiger partial charge on any atom is 0.316 e. The van der Waals surface area contributed by atoms with Gasteiger partial charge in [0.25, 0.3) is 0 Å². The summed E-state index contributed by atoms with van der Waals surface area (Å²) >= 11 is 0. The first-order valence-electron chi connectivity index (χ1n) is 1.00. The average Bonchev–Trinajstić information content (AvgIpc) is 1.00. The van der Waals surface area contributed by atoms with E-state index in [1.807, 2.05) is 0 Å². The standard InChI is InChI=1S/BH5Si.Mg.Zn.2H/c1-2;;;;/h1H2,2H3;;;;. The zero-order valence-electron chi connectivity index (χ0n) is 2.71. The van der Waals surface area contributed by atoms with E-state index in [1.165, 1.54) is 10.1 Å². The summed E-state index contributed by atoms with van der Waals surface area (Å²) in [5, 5.41) is 0. The Morgan fingerprint density at radius 3 is 1.25 bits per heavy atom. The van der Waals surface area contributed by atoms with Gasteiger partial charge in [-0.15, -0.1) is 0 Å². The summed E-state index contributed by atoms with van der Waals surface area (Å²) < 4.78 is 0. The molecule has 0 fully saturated rings. The van der Waals surface area contributed by atoms with Crippen LogP contribution in [-0.2, 0) is 19.5 Å². The molecule has 0 spiro atoms. The first-order chi connectivity index (χ1) is 1.00. The fourth-order valence-electron chi connectivity index (χ4n) is 0.